The summed E-state index contributed by atoms with van der Waals surface area (Å²) in [6.45, 7) is 0. The van der Waals surface area contributed by atoms with Crippen LogP contribution in [0.25, 0.3) is 45.2 Å². The van der Waals surface area contributed by atoms with E-state index in [2.05, 4.69) is 24.6 Å². The van der Waals surface area contributed by atoms with Crippen LogP contribution in [0, 0.1) is 5.82 Å². The number of nitrogens with one attached hydrogen (secondary N) is 1. The highest BCUT2D eigenvalue weighted by Crippen LogP contribution is 2.34. The number of rotatable bonds is 4. The first kappa shape index (κ1) is 21.3. The number of halogens is 4. The maximum absolute atomic E-state index is 14.3. The minimum Gasteiger partial charge on any atom is -0.472 e. The molecule has 1 N–H and O–H groups in total. The van der Waals surface area contributed by atoms with Gasteiger partial charge in [-0.25, -0.2) is 19.2 Å². The van der Waals surface area contributed by atoms with Gasteiger partial charge in [0, 0.05) is 11.1 Å². The molecule has 2 aromatic carbocycles. The summed E-state index contributed by atoms with van der Waals surface area (Å²) < 4.78 is 64.2. The summed E-state index contributed by atoms with van der Waals surface area (Å²) in [7, 11) is 0. The van der Waals surface area contributed by atoms with E-state index in [9.17, 15) is 22.4 Å². The molecule has 11 heteroatoms. The van der Waals surface area contributed by atoms with Gasteiger partial charge in [-0.3, -0.25) is 9.51 Å². The van der Waals surface area contributed by atoms with Gasteiger partial charge in [0.15, 0.2) is 11.6 Å². The third-order valence-corrected chi connectivity index (χ3v) is 4.95. The van der Waals surface area contributed by atoms with Crippen molar-refractivity contribution in [2.75, 3.05) is 0 Å². The Kier molecular flexibility index (Phi) is 5.08. The van der Waals surface area contributed by atoms with Crippen molar-refractivity contribution in [1.29, 1.82) is 0 Å². The number of furan rings is 1. The Morgan fingerprint density at radius 2 is 1.68 bits per heavy atom. The fourth-order valence-electron chi connectivity index (χ4n) is 3.35. The van der Waals surface area contributed by atoms with Crippen molar-refractivity contribution in [3.63, 3.8) is 0 Å². The molecule has 170 valence electrons. The lowest BCUT2D eigenvalue weighted by Crippen LogP contribution is -2.10. The lowest BCUT2D eigenvalue weighted by molar-refractivity contribution is -0.141. The molecule has 0 aliphatic rings. The maximum Gasteiger partial charge on any atom is 0.439 e. The Balaban J connectivity index is 1.61. The van der Waals surface area contributed by atoms with E-state index < -0.39 is 23.4 Å². The average molecular weight is 468 g/mol. The molecule has 5 rings (SSSR count). The van der Waals surface area contributed by atoms with Crippen LogP contribution < -0.4 is 5.76 Å². The zero-order valence-electron chi connectivity index (χ0n) is 16.9. The third-order valence-electron chi connectivity index (χ3n) is 4.95. The van der Waals surface area contributed by atoms with Gasteiger partial charge >= 0.3 is 11.9 Å². The number of nitrogens with zero attached hydrogens (tertiary/aromatic N) is 3. The minimum absolute atomic E-state index is 0.00804. The van der Waals surface area contributed by atoms with Crippen molar-refractivity contribution in [1.82, 2.24) is 20.1 Å². The molecule has 0 radical (unpaired) electrons. The number of hydrogen-bond acceptors (Lipinski definition) is 6. The second-order valence-corrected chi connectivity index (χ2v) is 7.19. The molecule has 0 bridgehead atoms. The second kappa shape index (κ2) is 8.10. The van der Waals surface area contributed by atoms with E-state index in [1.165, 1.54) is 36.8 Å². The number of aromatic amines is 1. The predicted octanol–water partition coefficient (Wildman–Crippen LogP) is 5.57. The van der Waals surface area contributed by atoms with Crippen molar-refractivity contribution in [3.8, 4) is 45.2 Å². The van der Waals surface area contributed by atoms with Crippen LogP contribution in [-0.4, -0.2) is 20.1 Å². The lowest BCUT2D eigenvalue weighted by Gasteiger charge is -2.11. The number of benzene rings is 2. The third kappa shape index (κ3) is 4.10. The van der Waals surface area contributed by atoms with E-state index in [0.717, 1.165) is 6.07 Å². The van der Waals surface area contributed by atoms with Crippen molar-refractivity contribution >= 4 is 0 Å². The SMILES string of the molecule is O=c1[nH]c(-c2cc(-c3cccc(-c4nc(-c5ccoc5)cc(C(F)(F)F)n4)c3)ccc2F)no1. The van der Waals surface area contributed by atoms with Gasteiger partial charge in [-0.1, -0.05) is 29.4 Å². The molecule has 0 unspecified atom stereocenters. The molecule has 0 amide bonds. The lowest BCUT2D eigenvalue weighted by atomic mass is 10.00. The zero-order valence-corrected chi connectivity index (χ0v) is 16.9. The Bertz CT molecular complexity index is 1540. The molecule has 3 aromatic heterocycles. The van der Waals surface area contributed by atoms with Crippen LogP contribution in [0.2, 0.25) is 0 Å². The van der Waals surface area contributed by atoms with Crippen LogP contribution in [0.1, 0.15) is 5.69 Å². The van der Waals surface area contributed by atoms with Gasteiger partial charge in [0.1, 0.15) is 11.5 Å². The highest BCUT2D eigenvalue weighted by atomic mass is 19.4. The van der Waals surface area contributed by atoms with Gasteiger partial charge in [-0.15, -0.1) is 0 Å². The van der Waals surface area contributed by atoms with Crippen LogP contribution in [-0.2, 0) is 6.18 Å². The van der Waals surface area contributed by atoms with Crippen LogP contribution in [0.4, 0.5) is 17.6 Å². The Hall–Kier alpha value is -4.54. The first-order valence-electron chi connectivity index (χ1n) is 9.73. The molecule has 0 aliphatic heterocycles. The maximum atomic E-state index is 14.3. The number of hydrogen-bond donors (Lipinski definition) is 1. The van der Waals surface area contributed by atoms with Crippen molar-refractivity contribution in [2.24, 2.45) is 0 Å². The molecule has 34 heavy (non-hydrogen) atoms. The Morgan fingerprint density at radius 1 is 0.882 bits per heavy atom. The van der Waals surface area contributed by atoms with Gasteiger partial charge < -0.3 is 4.42 Å². The normalized spacial score (nSPS) is 11.6. The summed E-state index contributed by atoms with van der Waals surface area (Å²) in [5, 5.41) is 3.50. The molecule has 0 atom stereocenters. The van der Waals surface area contributed by atoms with Crippen molar-refractivity contribution in [2.45, 2.75) is 6.18 Å². The summed E-state index contributed by atoms with van der Waals surface area (Å²) in [5.74, 6) is -1.71. The van der Waals surface area contributed by atoms with E-state index in [1.54, 1.807) is 24.3 Å². The number of alkyl halides is 3. The highest BCUT2D eigenvalue weighted by Gasteiger charge is 2.34. The van der Waals surface area contributed by atoms with Gasteiger partial charge in [0.2, 0.25) is 0 Å². The molecule has 7 nitrogen and oxygen atoms in total. The molecular weight excluding hydrogens is 456 g/mol. The first-order valence-corrected chi connectivity index (χ1v) is 9.73. The van der Waals surface area contributed by atoms with Crippen molar-refractivity contribution in [3.05, 3.63) is 89.2 Å². The topological polar surface area (TPSA) is 97.8 Å². The van der Waals surface area contributed by atoms with Gasteiger partial charge in [0.25, 0.3) is 0 Å². The van der Waals surface area contributed by atoms with E-state index in [1.807, 2.05) is 0 Å². The van der Waals surface area contributed by atoms with Gasteiger partial charge in [0.05, 0.1) is 23.8 Å². The van der Waals surface area contributed by atoms with Crippen LogP contribution in [0.5, 0.6) is 0 Å². The van der Waals surface area contributed by atoms with Crippen LogP contribution in [0.3, 0.4) is 0 Å². The van der Waals surface area contributed by atoms with E-state index in [0.29, 0.717) is 22.3 Å². The summed E-state index contributed by atoms with van der Waals surface area (Å²) in [5.41, 5.74) is 0.698. The largest absolute Gasteiger partial charge is 0.472 e. The fraction of sp³-hybridized carbons (Fsp3) is 0.0435. The predicted molar refractivity (Wildman–Crippen MR) is 112 cm³/mol. The monoisotopic (exact) mass is 468 g/mol. The molecule has 0 saturated heterocycles. The standard InChI is InChI=1S/C23H12F4N4O3/c24-17-5-4-13(9-16(17)21-30-22(32)34-31-21)12-2-1-3-14(8-12)20-28-18(15-6-7-33-11-15)10-19(29-20)23(25,26)27/h1-11H,(H,30,31,32). The average Bonchev–Trinajstić information content (AvgIpc) is 3.51. The van der Waals surface area contributed by atoms with Gasteiger partial charge in [-0.2, -0.15) is 13.2 Å². The second-order valence-electron chi connectivity index (χ2n) is 7.19. The molecule has 0 fully saturated rings. The molecule has 0 aliphatic carbocycles. The minimum atomic E-state index is -4.69. The first-order chi connectivity index (χ1) is 16.3. The van der Waals surface area contributed by atoms with Gasteiger partial charge in [-0.05, 0) is 41.5 Å². The quantitative estimate of drug-likeness (QED) is 0.346. The molecular formula is C23H12F4N4O3. The van der Waals surface area contributed by atoms with Crippen molar-refractivity contribution < 1.29 is 26.5 Å². The zero-order chi connectivity index (χ0) is 23.9. The summed E-state index contributed by atoms with van der Waals surface area (Å²) in [4.78, 5) is 21.5. The smallest absolute Gasteiger partial charge is 0.439 e. The number of aromatic nitrogens is 4. The molecule has 0 spiro atoms. The van der Waals surface area contributed by atoms with Crippen LogP contribution in [0.15, 0.2) is 80.9 Å². The summed E-state index contributed by atoms with van der Waals surface area (Å²) >= 11 is 0. The highest BCUT2D eigenvalue weighted by molar-refractivity contribution is 5.74. The van der Waals surface area contributed by atoms with E-state index in [-0.39, 0.29) is 22.9 Å². The summed E-state index contributed by atoms with van der Waals surface area (Å²) in [6, 6.07) is 12.9. The number of H-pyrrole nitrogens is 1. The summed E-state index contributed by atoms with van der Waals surface area (Å²) in [6.07, 6.45) is -2.07. The Morgan fingerprint density at radius 3 is 2.38 bits per heavy atom. The fourth-order valence-corrected chi connectivity index (χ4v) is 3.35. The molecule has 0 saturated carbocycles. The van der Waals surface area contributed by atoms with E-state index in [4.69, 9.17) is 4.42 Å². The van der Waals surface area contributed by atoms with Crippen LogP contribution >= 0.6 is 0 Å². The Labute approximate surface area is 187 Å². The molecule has 3 heterocycles. The molecule has 5 aromatic rings. The van der Waals surface area contributed by atoms with E-state index >= 15 is 0 Å².